The number of hydrogen-bond acceptors (Lipinski definition) is 3. The number of fused-ring (bicyclic) bond motifs is 1. The number of ketones is 1. The Bertz CT molecular complexity index is 411. The second kappa shape index (κ2) is 5.32. The average Bonchev–Trinajstić information content (AvgIpc) is 2.81. The van der Waals surface area contributed by atoms with Crippen LogP contribution in [0.4, 0.5) is 0 Å². The van der Waals surface area contributed by atoms with Gasteiger partial charge < -0.3 is 0 Å². The zero-order valence-corrected chi connectivity index (χ0v) is 13.0. The van der Waals surface area contributed by atoms with E-state index in [4.69, 9.17) is 0 Å². The maximum absolute atomic E-state index is 11.8. The Morgan fingerprint density at radius 2 is 1.83 bits per heavy atom. The molecule has 4 heteroatoms. The molecule has 0 saturated heterocycles. The first kappa shape index (κ1) is 15.7. The molecule has 0 aromatic heterocycles. The van der Waals surface area contributed by atoms with E-state index >= 15 is 0 Å². The SMILES string of the molecule is CC(C)S(=O)(=O)C[C@@H]1C(=O)C[C@@H]2CC21C.CCC. The molecule has 2 rings (SSSR count). The normalized spacial score (nSPS) is 34.0. The summed E-state index contributed by atoms with van der Waals surface area (Å²) in [5, 5.41) is -0.369. The van der Waals surface area contributed by atoms with Crippen LogP contribution in [0.3, 0.4) is 0 Å². The van der Waals surface area contributed by atoms with Crippen LogP contribution in [0.25, 0.3) is 0 Å². The maximum Gasteiger partial charge on any atom is 0.153 e. The van der Waals surface area contributed by atoms with Crippen molar-refractivity contribution in [2.24, 2.45) is 17.3 Å². The van der Waals surface area contributed by atoms with Gasteiger partial charge in [0.2, 0.25) is 0 Å². The highest BCUT2D eigenvalue weighted by molar-refractivity contribution is 7.92. The predicted molar refractivity (Wildman–Crippen MR) is 74.2 cm³/mol. The molecule has 0 spiro atoms. The molecule has 0 N–H and O–H groups in total. The fourth-order valence-electron chi connectivity index (χ4n) is 2.67. The Morgan fingerprint density at radius 3 is 2.17 bits per heavy atom. The van der Waals surface area contributed by atoms with Crippen LogP contribution in [0.15, 0.2) is 0 Å². The molecule has 18 heavy (non-hydrogen) atoms. The number of carbonyl (C=O) groups is 1. The smallest absolute Gasteiger partial charge is 0.153 e. The van der Waals surface area contributed by atoms with E-state index in [0.29, 0.717) is 12.3 Å². The van der Waals surface area contributed by atoms with Gasteiger partial charge in [-0.3, -0.25) is 4.79 Å². The van der Waals surface area contributed by atoms with Gasteiger partial charge in [0, 0.05) is 12.3 Å². The van der Waals surface area contributed by atoms with Gasteiger partial charge in [-0.15, -0.1) is 0 Å². The fourth-order valence-corrected chi connectivity index (χ4v) is 4.08. The van der Waals surface area contributed by atoms with Crippen LogP contribution in [0.2, 0.25) is 0 Å². The van der Waals surface area contributed by atoms with Gasteiger partial charge in [-0.2, -0.15) is 0 Å². The van der Waals surface area contributed by atoms with Gasteiger partial charge in [0.1, 0.15) is 5.78 Å². The van der Waals surface area contributed by atoms with E-state index in [0.717, 1.165) is 6.42 Å². The molecule has 0 aromatic rings. The van der Waals surface area contributed by atoms with E-state index < -0.39 is 9.84 Å². The van der Waals surface area contributed by atoms with Crippen LogP contribution in [0.5, 0.6) is 0 Å². The van der Waals surface area contributed by atoms with Crippen molar-refractivity contribution in [3.05, 3.63) is 0 Å². The van der Waals surface area contributed by atoms with E-state index in [1.807, 2.05) is 0 Å². The van der Waals surface area contributed by atoms with Crippen molar-refractivity contribution in [3.63, 3.8) is 0 Å². The van der Waals surface area contributed by atoms with Crippen molar-refractivity contribution >= 4 is 15.6 Å². The maximum atomic E-state index is 11.8. The molecule has 2 fully saturated rings. The van der Waals surface area contributed by atoms with Crippen molar-refractivity contribution in [2.45, 2.75) is 59.1 Å². The van der Waals surface area contributed by atoms with Crippen molar-refractivity contribution in [1.82, 2.24) is 0 Å². The van der Waals surface area contributed by atoms with Crippen molar-refractivity contribution in [3.8, 4) is 0 Å². The van der Waals surface area contributed by atoms with Gasteiger partial charge >= 0.3 is 0 Å². The third-order valence-corrected chi connectivity index (χ3v) is 6.44. The first-order valence-electron chi connectivity index (χ1n) is 6.93. The number of rotatable bonds is 3. The largest absolute Gasteiger partial charge is 0.299 e. The summed E-state index contributed by atoms with van der Waals surface area (Å²) in [5.74, 6) is 0.474. The first-order chi connectivity index (χ1) is 8.19. The molecule has 3 nitrogen and oxygen atoms in total. The van der Waals surface area contributed by atoms with E-state index in [9.17, 15) is 13.2 Å². The standard InChI is InChI=1S/C11H18O3S.C3H8/c1-7(2)15(13,14)6-9-10(12)4-8-5-11(8,9)3;1-3-2/h7-9H,4-6H2,1-3H3;3H2,1-2H3/t8-,9-,11?;/m1./s1. The molecule has 3 atom stereocenters. The molecule has 1 unspecified atom stereocenters. The summed E-state index contributed by atoms with van der Waals surface area (Å²) in [6.07, 6.45) is 2.89. The zero-order valence-electron chi connectivity index (χ0n) is 12.2. The Balaban J connectivity index is 0.000000492. The minimum atomic E-state index is -3.08. The van der Waals surface area contributed by atoms with Crippen molar-refractivity contribution in [1.29, 1.82) is 0 Å². The molecule has 0 amide bonds. The minimum Gasteiger partial charge on any atom is -0.299 e. The lowest BCUT2D eigenvalue weighted by Gasteiger charge is -2.19. The number of Topliss-reactive ketones (excluding diaryl/α,β-unsaturated/α-hetero) is 1. The molecule has 2 saturated carbocycles. The topological polar surface area (TPSA) is 51.2 Å². The summed E-state index contributed by atoms with van der Waals surface area (Å²) in [7, 11) is -3.08. The summed E-state index contributed by atoms with van der Waals surface area (Å²) in [4.78, 5) is 11.7. The van der Waals surface area contributed by atoms with Crippen molar-refractivity contribution < 1.29 is 13.2 Å². The molecule has 106 valence electrons. The second-order valence-corrected chi connectivity index (χ2v) is 8.82. The summed E-state index contributed by atoms with van der Waals surface area (Å²) in [6, 6.07) is 0. The molecule has 0 aromatic carbocycles. The summed E-state index contributed by atoms with van der Waals surface area (Å²) >= 11 is 0. The fraction of sp³-hybridized carbons (Fsp3) is 0.929. The van der Waals surface area contributed by atoms with E-state index in [1.54, 1.807) is 13.8 Å². The van der Waals surface area contributed by atoms with Crippen LogP contribution in [0, 0.1) is 17.3 Å². The van der Waals surface area contributed by atoms with Crippen molar-refractivity contribution in [2.75, 3.05) is 5.75 Å². The zero-order chi connectivity index (χ0) is 14.1. The number of carbonyl (C=O) groups excluding carboxylic acids is 1. The highest BCUT2D eigenvalue weighted by Crippen LogP contribution is 2.65. The Kier molecular flexibility index (Phi) is 4.63. The quantitative estimate of drug-likeness (QED) is 0.795. The van der Waals surface area contributed by atoms with Gasteiger partial charge in [-0.1, -0.05) is 27.2 Å². The van der Waals surface area contributed by atoms with Crippen LogP contribution in [0.1, 0.15) is 53.9 Å². The van der Waals surface area contributed by atoms with E-state index in [1.165, 1.54) is 6.42 Å². The molecule has 0 heterocycles. The molecule has 0 bridgehead atoms. The van der Waals surface area contributed by atoms with E-state index in [-0.39, 0.29) is 28.1 Å². The van der Waals surface area contributed by atoms with Crippen LogP contribution in [-0.2, 0) is 14.6 Å². The summed E-state index contributed by atoms with van der Waals surface area (Å²) in [6.45, 7) is 9.67. The monoisotopic (exact) mass is 274 g/mol. The lowest BCUT2D eigenvalue weighted by atomic mass is 9.93. The minimum absolute atomic E-state index is 0.0129. The molecule has 2 aliphatic rings. The molecular formula is C14H26O3S. The number of sulfone groups is 1. The van der Waals surface area contributed by atoms with Gasteiger partial charge in [0.25, 0.3) is 0 Å². The molecule has 0 aliphatic heterocycles. The molecular weight excluding hydrogens is 248 g/mol. The third-order valence-electron chi connectivity index (χ3n) is 4.21. The predicted octanol–water partition coefficient (Wildman–Crippen LogP) is 2.84. The highest BCUT2D eigenvalue weighted by Gasteiger charge is 2.63. The van der Waals surface area contributed by atoms with Crippen LogP contribution in [-0.4, -0.2) is 25.2 Å². The van der Waals surface area contributed by atoms with Crippen LogP contribution >= 0.6 is 0 Å². The Morgan fingerprint density at radius 1 is 1.33 bits per heavy atom. The average molecular weight is 274 g/mol. The lowest BCUT2D eigenvalue weighted by molar-refractivity contribution is -0.121. The van der Waals surface area contributed by atoms with Gasteiger partial charge in [-0.25, -0.2) is 8.42 Å². The summed E-state index contributed by atoms with van der Waals surface area (Å²) < 4.78 is 23.6. The number of hydrogen-bond donors (Lipinski definition) is 0. The van der Waals surface area contributed by atoms with Gasteiger partial charge in [0.05, 0.1) is 11.0 Å². The second-order valence-electron chi connectivity index (χ2n) is 6.22. The lowest BCUT2D eigenvalue weighted by Crippen LogP contribution is -2.30. The van der Waals surface area contributed by atoms with Crippen LogP contribution < -0.4 is 0 Å². The molecule has 0 radical (unpaired) electrons. The van der Waals surface area contributed by atoms with Gasteiger partial charge in [0.15, 0.2) is 9.84 Å². The Labute approximate surface area is 111 Å². The highest BCUT2D eigenvalue weighted by atomic mass is 32.2. The third kappa shape index (κ3) is 2.95. The summed E-state index contributed by atoms with van der Waals surface area (Å²) in [5.41, 5.74) is 0.0129. The van der Waals surface area contributed by atoms with Gasteiger partial charge in [-0.05, 0) is 31.6 Å². The Hall–Kier alpha value is -0.380. The molecule has 2 aliphatic carbocycles. The first-order valence-corrected chi connectivity index (χ1v) is 8.64. The van der Waals surface area contributed by atoms with E-state index in [2.05, 4.69) is 20.8 Å².